The Balaban J connectivity index is 2.02. The number of phenolic OH excluding ortho intramolecular Hbond substituents is 2. The third-order valence-corrected chi connectivity index (χ3v) is 3.11. The molecule has 110 valence electrons. The van der Waals surface area contributed by atoms with Crippen molar-refractivity contribution in [2.24, 2.45) is 5.73 Å². The smallest absolute Gasteiger partial charge is 0.241 e. The third kappa shape index (κ3) is 3.70. The van der Waals surface area contributed by atoms with E-state index in [0.29, 0.717) is 11.3 Å². The first-order chi connectivity index (χ1) is 9.97. The van der Waals surface area contributed by atoms with Gasteiger partial charge in [0.05, 0.1) is 6.04 Å². The van der Waals surface area contributed by atoms with Crippen LogP contribution in [0.1, 0.15) is 11.1 Å². The van der Waals surface area contributed by atoms with E-state index in [0.717, 1.165) is 5.56 Å². The highest BCUT2D eigenvalue weighted by Crippen LogP contribution is 2.25. The van der Waals surface area contributed by atoms with Gasteiger partial charge in [-0.1, -0.05) is 6.07 Å². The van der Waals surface area contributed by atoms with Crippen LogP contribution in [-0.4, -0.2) is 27.1 Å². The summed E-state index contributed by atoms with van der Waals surface area (Å²) in [5.41, 5.74) is 8.04. The molecule has 0 aliphatic rings. The molecule has 2 aromatic rings. The van der Waals surface area contributed by atoms with E-state index in [9.17, 15) is 15.0 Å². The van der Waals surface area contributed by atoms with Gasteiger partial charge in [0.2, 0.25) is 5.91 Å². The maximum Gasteiger partial charge on any atom is 0.241 e. The molecule has 0 radical (unpaired) electrons. The van der Waals surface area contributed by atoms with Crippen LogP contribution >= 0.6 is 0 Å². The normalized spacial score (nSPS) is 11.9. The van der Waals surface area contributed by atoms with Gasteiger partial charge in [-0.05, 0) is 42.7 Å². The van der Waals surface area contributed by atoms with Crippen LogP contribution in [0.15, 0.2) is 36.7 Å². The number of hydrogen-bond donors (Lipinski definition) is 4. The number of pyridine rings is 1. The third-order valence-electron chi connectivity index (χ3n) is 3.11. The highest BCUT2D eigenvalue weighted by Gasteiger charge is 2.15. The molecule has 1 amide bonds. The number of nitrogens with zero attached hydrogens (tertiary/aromatic N) is 1. The number of carbonyl (C=O) groups excluding carboxylic acids is 1. The molecule has 0 spiro atoms. The summed E-state index contributed by atoms with van der Waals surface area (Å²) in [5, 5.41) is 21.4. The van der Waals surface area contributed by atoms with Crippen LogP contribution in [0, 0.1) is 6.92 Å². The summed E-state index contributed by atoms with van der Waals surface area (Å²) in [6.07, 6.45) is 3.50. The summed E-state index contributed by atoms with van der Waals surface area (Å²) < 4.78 is 0. The van der Waals surface area contributed by atoms with E-state index in [1.807, 2.05) is 6.92 Å². The molecule has 6 nitrogen and oxygen atoms in total. The molecule has 0 aliphatic heterocycles. The van der Waals surface area contributed by atoms with Crippen LogP contribution in [0.5, 0.6) is 11.5 Å². The van der Waals surface area contributed by atoms with E-state index in [1.165, 1.54) is 12.1 Å². The molecule has 1 aromatic carbocycles. The number of aryl methyl sites for hydroxylation is 1. The molecule has 6 heteroatoms. The van der Waals surface area contributed by atoms with Gasteiger partial charge >= 0.3 is 0 Å². The van der Waals surface area contributed by atoms with E-state index in [1.54, 1.807) is 24.5 Å². The highest BCUT2D eigenvalue weighted by atomic mass is 16.3. The first-order valence-corrected chi connectivity index (χ1v) is 6.45. The first kappa shape index (κ1) is 14.8. The SMILES string of the molecule is Cc1cnccc1NC(=O)[C@@H](N)Cc1ccc(O)c(O)c1. The second-order valence-electron chi connectivity index (χ2n) is 4.81. The summed E-state index contributed by atoms with van der Waals surface area (Å²) in [5.74, 6) is -0.758. The van der Waals surface area contributed by atoms with E-state index in [2.05, 4.69) is 10.3 Å². The largest absolute Gasteiger partial charge is 0.504 e. The Morgan fingerprint density at radius 1 is 1.33 bits per heavy atom. The Hall–Kier alpha value is -2.60. The maximum absolute atomic E-state index is 12.1. The van der Waals surface area contributed by atoms with Gasteiger partial charge in [0.15, 0.2) is 11.5 Å². The molecule has 5 N–H and O–H groups in total. The lowest BCUT2D eigenvalue weighted by molar-refractivity contribution is -0.117. The van der Waals surface area contributed by atoms with Gasteiger partial charge < -0.3 is 21.3 Å². The van der Waals surface area contributed by atoms with Crippen LogP contribution in [0.25, 0.3) is 0 Å². The van der Waals surface area contributed by atoms with Crippen LogP contribution in [0.2, 0.25) is 0 Å². The Morgan fingerprint density at radius 2 is 2.10 bits per heavy atom. The maximum atomic E-state index is 12.1. The second-order valence-corrected chi connectivity index (χ2v) is 4.81. The molecule has 0 aliphatic carbocycles. The molecule has 1 aromatic heterocycles. The molecule has 1 atom stereocenters. The minimum atomic E-state index is -0.762. The van der Waals surface area contributed by atoms with Gasteiger partial charge in [-0.3, -0.25) is 9.78 Å². The van der Waals surface area contributed by atoms with Crippen LogP contribution in [-0.2, 0) is 11.2 Å². The van der Waals surface area contributed by atoms with Crippen molar-refractivity contribution in [1.29, 1.82) is 0 Å². The number of aromatic nitrogens is 1. The lowest BCUT2D eigenvalue weighted by Crippen LogP contribution is -2.37. The van der Waals surface area contributed by atoms with Gasteiger partial charge in [0.25, 0.3) is 0 Å². The predicted octanol–water partition coefficient (Wildman–Crippen LogP) is 1.31. The first-order valence-electron chi connectivity index (χ1n) is 6.45. The molecule has 0 unspecified atom stereocenters. The molecule has 21 heavy (non-hydrogen) atoms. The van der Waals surface area contributed by atoms with E-state index < -0.39 is 6.04 Å². The standard InChI is InChI=1S/C15H17N3O3/c1-9-8-17-5-4-12(9)18-15(21)11(16)6-10-2-3-13(19)14(20)7-10/h2-5,7-8,11,19-20H,6,16H2,1H3,(H,17,18,21)/t11-/m0/s1. The Kier molecular flexibility index (Phi) is 4.39. The Bertz CT molecular complexity index is 658. The van der Waals surface area contributed by atoms with E-state index in [4.69, 9.17) is 5.73 Å². The zero-order valence-corrected chi connectivity index (χ0v) is 11.6. The molecule has 0 saturated heterocycles. The number of phenols is 2. The number of nitrogens with two attached hydrogens (primary N) is 1. The lowest BCUT2D eigenvalue weighted by atomic mass is 10.1. The minimum absolute atomic E-state index is 0.204. The summed E-state index contributed by atoms with van der Waals surface area (Å²) in [4.78, 5) is 16.0. The van der Waals surface area contributed by atoms with Gasteiger partial charge in [-0.25, -0.2) is 0 Å². The van der Waals surface area contributed by atoms with Crippen LogP contribution in [0.3, 0.4) is 0 Å². The topological polar surface area (TPSA) is 108 Å². The second kappa shape index (κ2) is 6.23. The quantitative estimate of drug-likeness (QED) is 0.634. The molecule has 0 fully saturated rings. The number of carbonyl (C=O) groups is 1. The van der Waals surface area contributed by atoms with Gasteiger partial charge in [-0.15, -0.1) is 0 Å². The van der Waals surface area contributed by atoms with Crippen molar-refractivity contribution in [2.75, 3.05) is 5.32 Å². The number of amides is 1. The molecule has 2 rings (SSSR count). The number of benzene rings is 1. The monoisotopic (exact) mass is 287 g/mol. The number of aromatic hydroxyl groups is 2. The number of hydrogen-bond acceptors (Lipinski definition) is 5. The van der Waals surface area contributed by atoms with Gasteiger partial charge in [0, 0.05) is 18.1 Å². The fourth-order valence-electron chi connectivity index (χ4n) is 1.88. The van der Waals surface area contributed by atoms with Crippen molar-refractivity contribution in [3.05, 3.63) is 47.8 Å². The van der Waals surface area contributed by atoms with Gasteiger partial charge in [-0.2, -0.15) is 0 Å². The molecular formula is C15H17N3O3. The zero-order valence-electron chi connectivity index (χ0n) is 11.6. The fraction of sp³-hybridized carbons (Fsp3) is 0.200. The van der Waals surface area contributed by atoms with Crippen molar-refractivity contribution in [3.63, 3.8) is 0 Å². The number of nitrogens with one attached hydrogen (secondary N) is 1. The van der Waals surface area contributed by atoms with E-state index >= 15 is 0 Å². The molecule has 0 saturated carbocycles. The molecule has 0 bridgehead atoms. The Morgan fingerprint density at radius 3 is 2.76 bits per heavy atom. The van der Waals surface area contributed by atoms with Crippen molar-refractivity contribution >= 4 is 11.6 Å². The number of rotatable bonds is 4. The summed E-state index contributed by atoms with van der Waals surface area (Å²) >= 11 is 0. The molecule has 1 heterocycles. The minimum Gasteiger partial charge on any atom is -0.504 e. The van der Waals surface area contributed by atoms with Crippen LogP contribution < -0.4 is 11.1 Å². The molecular weight excluding hydrogens is 270 g/mol. The van der Waals surface area contributed by atoms with Crippen LogP contribution in [0.4, 0.5) is 5.69 Å². The van der Waals surface area contributed by atoms with Crippen molar-refractivity contribution in [2.45, 2.75) is 19.4 Å². The van der Waals surface area contributed by atoms with E-state index in [-0.39, 0.29) is 23.8 Å². The van der Waals surface area contributed by atoms with Crippen molar-refractivity contribution in [3.8, 4) is 11.5 Å². The summed E-state index contributed by atoms with van der Waals surface area (Å²) in [6.45, 7) is 1.84. The average Bonchev–Trinajstić information content (AvgIpc) is 2.45. The summed E-state index contributed by atoms with van der Waals surface area (Å²) in [7, 11) is 0. The van der Waals surface area contributed by atoms with Gasteiger partial charge in [0.1, 0.15) is 0 Å². The average molecular weight is 287 g/mol. The lowest BCUT2D eigenvalue weighted by Gasteiger charge is -2.14. The predicted molar refractivity (Wildman–Crippen MR) is 79.1 cm³/mol. The summed E-state index contributed by atoms with van der Waals surface area (Å²) in [6, 6.07) is 5.30. The number of anilines is 1. The Labute approximate surface area is 122 Å². The fourth-order valence-corrected chi connectivity index (χ4v) is 1.88. The van der Waals surface area contributed by atoms with Crippen molar-refractivity contribution < 1.29 is 15.0 Å². The van der Waals surface area contributed by atoms with Crippen molar-refractivity contribution in [1.82, 2.24) is 4.98 Å². The zero-order chi connectivity index (χ0) is 15.4. The highest BCUT2D eigenvalue weighted by molar-refractivity contribution is 5.95.